The topological polar surface area (TPSA) is 95.9 Å². The third-order valence-corrected chi connectivity index (χ3v) is 2.04. The Hall–Kier alpha value is -2.38. The van der Waals surface area contributed by atoms with E-state index in [1.54, 1.807) is 20.8 Å². The molecule has 1 aromatic carbocycles. The lowest BCUT2D eigenvalue weighted by atomic mass is 10.1. The molecular weight excluding hydrogens is 276 g/mol. The standard InChI is InChI=1S/C12H13F2NO5/c1-12(2,3)20-11(19)15-6-4-5(10(17)18)7(13)9(16)8(6)14/h4,16H,1-3H3,(H,15,19)(H,17,18). The first-order valence-corrected chi connectivity index (χ1v) is 5.47. The number of hydrogen-bond donors (Lipinski definition) is 3. The van der Waals surface area contributed by atoms with Gasteiger partial charge in [0.25, 0.3) is 0 Å². The van der Waals surface area contributed by atoms with Gasteiger partial charge in [-0.15, -0.1) is 0 Å². The normalized spacial score (nSPS) is 11.1. The van der Waals surface area contributed by atoms with E-state index in [9.17, 15) is 18.4 Å². The minimum atomic E-state index is -1.72. The van der Waals surface area contributed by atoms with Gasteiger partial charge in [0.1, 0.15) is 11.2 Å². The zero-order chi connectivity index (χ0) is 15.7. The van der Waals surface area contributed by atoms with Crippen LogP contribution in [0.1, 0.15) is 31.1 Å². The van der Waals surface area contributed by atoms with Gasteiger partial charge in [0, 0.05) is 0 Å². The zero-order valence-electron chi connectivity index (χ0n) is 11.0. The van der Waals surface area contributed by atoms with Crippen LogP contribution in [0.15, 0.2) is 6.07 Å². The molecule has 1 rings (SSSR count). The van der Waals surface area contributed by atoms with Gasteiger partial charge in [0.05, 0.1) is 5.69 Å². The lowest BCUT2D eigenvalue weighted by molar-refractivity contribution is 0.0631. The summed E-state index contributed by atoms with van der Waals surface area (Å²) in [5.41, 5.74) is -2.54. The molecule has 0 spiro atoms. The number of carboxylic acid groups (broad SMARTS) is 1. The van der Waals surface area contributed by atoms with Crippen LogP contribution in [-0.2, 0) is 4.74 Å². The molecule has 0 saturated carbocycles. The highest BCUT2D eigenvalue weighted by Gasteiger charge is 2.24. The molecular formula is C12H13F2NO5. The van der Waals surface area contributed by atoms with Crippen LogP contribution in [0.25, 0.3) is 0 Å². The summed E-state index contributed by atoms with van der Waals surface area (Å²) in [6.45, 7) is 4.69. The second-order valence-electron chi connectivity index (χ2n) is 4.88. The van der Waals surface area contributed by atoms with Crippen molar-refractivity contribution in [2.24, 2.45) is 0 Å². The number of phenolic OH excluding ortho intramolecular Hbond substituents is 1. The first kappa shape index (κ1) is 15.7. The number of nitrogens with one attached hydrogen (secondary N) is 1. The Bertz CT molecular complexity index is 566. The second kappa shape index (κ2) is 5.32. The SMILES string of the molecule is CC(C)(C)OC(=O)Nc1cc(C(=O)O)c(F)c(O)c1F. The number of aromatic carboxylic acids is 1. The fourth-order valence-electron chi connectivity index (χ4n) is 1.28. The first-order valence-electron chi connectivity index (χ1n) is 5.47. The maximum atomic E-state index is 13.5. The van der Waals surface area contributed by atoms with Gasteiger partial charge in [-0.05, 0) is 26.8 Å². The van der Waals surface area contributed by atoms with Crippen LogP contribution < -0.4 is 5.32 Å². The number of halogens is 2. The Morgan fingerprint density at radius 2 is 1.80 bits per heavy atom. The monoisotopic (exact) mass is 289 g/mol. The van der Waals surface area contributed by atoms with Crippen LogP contribution in [-0.4, -0.2) is 27.9 Å². The van der Waals surface area contributed by atoms with E-state index < -0.39 is 46.3 Å². The molecule has 20 heavy (non-hydrogen) atoms. The van der Waals surface area contributed by atoms with E-state index in [2.05, 4.69) is 0 Å². The molecule has 8 heteroatoms. The van der Waals surface area contributed by atoms with Crippen molar-refractivity contribution >= 4 is 17.7 Å². The van der Waals surface area contributed by atoms with Crippen molar-refractivity contribution in [3.63, 3.8) is 0 Å². The van der Waals surface area contributed by atoms with Gasteiger partial charge in [-0.3, -0.25) is 5.32 Å². The van der Waals surface area contributed by atoms with E-state index in [0.717, 1.165) is 0 Å². The fraction of sp³-hybridized carbons (Fsp3) is 0.333. The van der Waals surface area contributed by atoms with Crippen molar-refractivity contribution < 1.29 is 33.3 Å². The van der Waals surface area contributed by atoms with Gasteiger partial charge >= 0.3 is 12.1 Å². The molecule has 1 aromatic rings. The average Bonchev–Trinajstić information content (AvgIpc) is 2.27. The Balaban J connectivity index is 3.13. The number of rotatable bonds is 2. The van der Waals surface area contributed by atoms with Gasteiger partial charge in [-0.1, -0.05) is 0 Å². The lowest BCUT2D eigenvalue weighted by Crippen LogP contribution is -2.27. The van der Waals surface area contributed by atoms with Crippen LogP contribution in [0.3, 0.4) is 0 Å². The summed E-state index contributed by atoms with van der Waals surface area (Å²) in [4.78, 5) is 22.2. The summed E-state index contributed by atoms with van der Waals surface area (Å²) < 4.78 is 31.7. The number of phenols is 1. The third-order valence-electron chi connectivity index (χ3n) is 2.04. The highest BCUT2D eigenvalue weighted by molar-refractivity contribution is 5.92. The number of benzene rings is 1. The minimum Gasteiger partial charge on any atom is -0.503 e. The number of amides is 1. The highest BCUT2D eigenvalue weighted by atomic mass is 19.1. The molecule has 1 amide bonds. The van der Waals surface area contributed by atoms with Crippen molar-refractivity contribution in [3.05, 3.63) is 23.3 Å². The first-order chi connectivity index (χ1) is 9.03. The van der Waals surface area contributed by atoms with Crippen molar-refractivity contribution in [2.45, 2.75) is 26.4 Å². The molecule has 0 aliphatic carbocycles. The van der Waals surface area contributed by atoms with E-state index in [1.807, 2.05) is 5.32 Å². The van der Waals surface area contributed by atoms with Crippen molar-refractivity contribution in [3.8, 4) is 5.75 Å². The third kappa shape index (κ3) is 3.56. The summed E-state index contributed by atoms with van der Waals surface area (Å²) >= 11 is 0. The van der Waals surface area contributed by atoms with E-state index in [4.69, 9.17) is 14.9 Å². The molecule has 3 N–H and O–H groups in total. The fourth-order valence-corrected chi connectivity index (χ4v) is 1.28. The van der Waals surface area contributed by atoms with Crippen LogP contribution in [0.5, 0.6) is 5.75 Å². The Morgan fingerprint density at radius 1 is 1.25 bits per heavy atom. The number of anilines is 1. The average molecular weight is 289 g/mol. The van der Waals surface area contributed by atoms with Crippen LogP contribution >= 0.6 is 0 Å². The molecule has 0 fully saturated rings. The molecule has 0 saturated heterocycles. The summed E-state index contributed by atoms with van der Waals surface area (Å²) in [6.07, 6.45) is -1.07. The highest BCUT2D eigenvalue weighted by Crippen LogP contribution is 2.30. The van der Waals surface area contributed by atoms with Crippen LogP contribution in [0, 0.1) is 11.6 Å². The van der Waals surface area contributed by atoms with Gasteiger partial charge in [-0.2, -0.15) is 0 Å². The van der Waals surface area contributed by atoms with Gasteiger partial charge in [0.2, 0.25) is 0 Å². The predicted octanol–water partition coefficient (Wildman–Crippen LogP) is 2.72. The summed E-state index contributed by atoms with van der Waals surface area (Å²) in [6, 6.07) is 0.552. The Morgan fingerprint density at radius 3 is 2.25 bits per heavy atom. The molecule has 0 heterocycles. The quantitative estimate of drug-likeness (QED) is 0.778. The molecule has 0 unspecified atom stereocenters. The summed E-state index contributed by atoms with van der Waals surface area (Å²) in [5, 5.41) is 19.8. The van der Waals surface area contributed by atoms with Crippen LogP contribution in [0.4, 0.5) is 19.3 Å². The largest absolute Gasteiger partial charge is 0.503 e. The van der Waals surface area contributed by atoms with Crippen LogP contribution in [0.2, 0.25) is 0 Å². The molecule has 0 radical (unpaired) electrons. The Labute approximate surface area is 113 Å². The molecule has 0 aliphatic heterocycles. The van der Waals surface area contributed by atoms with Gasteiger partial charge < -0.3 is 14.9 Å². The molecule has 6 nitrogen and oxygen atoms in total. The van der Waals surface area contributed by atoms with Crippen molar-refractivity contribution in [1.29, 1.82) is 0 Å². The predicted molar refractivity (Wildman–Crippen MR) is 64.8 cm³/mol. The maximum absolute atomic E-state index is 13.5. The van der Waals surface area contributed by atoms with Gasteiger partial charge in [-0.25, -0.2) is 18.4 Å². The van der Waals surface area contributed by atoms with E-state index in [0.29, 0.717) is 6.07 Å². The lowest BCUT2D eigenvalue weighted by Gasteiger charge is -2.20. The number of hydrogen-bond acceptors (Lipinski definition) is 4. The molecule has 0 aromatic heterocycles. The van der Waals surface area contributed by atoms with E-state index in [-0.39, 0.29) is 0 Å². The van der Waals surface area contributed by atoms with Crippen molar-refractivity contribution in [1.82, 2.24) is 0 Å². The maximum Gasteiger partial charge on any atom is 0.412 e. The number of carbonyl (C=O) groups is 2. The zero-order valence-corrected chi connectivity index (χ0v) is 11.0. The number of carbonyl (C=O) groups excluding carboxylic acids is 1. The smallest absolute Gasteiger partial charge is 0.412 e. The molecule has 110 valence electrons. The summed E-state index contributed by atoms with van der Waals surface area (Å²) in [7, 11) is 0. The molecule has 0 aliphatic rings. The van der Waals surface area contributed by atoms with Crippen molar-refractivity contribution in [2.75, 3.05) is 5.32 Å². The number of carboxylic acids is 1. The number of ether oxygens (including phenoxy) is 1. The molecule has 0 atom stereocenters. The minimum absolute atomic E-state index is 0.552. The number of aromatic hydroxyl groups is 1. The second-order valence-corrected chi connectivity index (χ2v) is 4.88. The van der Waals surface area contributed by atoms with E-state index >= 15 is 0 Å². The Kier molecular flexibility index (Phi) is 4.17. The van der Waals surface area contributed by atoms with Gasteiger partial charge in [0.15, 0.2) is 17.4 Å². The molecule has 0 bridgehead atoms. The summed E-state index contributed by atoms with van der Waals surface area (Å²) in [5.74, 6) is -6.32. The van der Waals surface area contributed by atoms with E-state index in [1.165, 1.54) is 0 Å².